The van der Waals surface area contributed by atoms with Gasteiger partial charge in [0.2, 0.25) is 0 Å². The number of nitrogens with one attached hydrogen (secondary N) is 1. The van der Waals surface area contributed by atoms with E-state index < -0.39 is 27.7 Å². The Labute approximate surface area is 208 Å². The van der Waals surface area contributed by atoms with E-state index in [1.165, 1.54) is 24.3 Å². The monoisotopic (exact) mass is 572 g/mol. The van der Waals surface area contributed by atoms with Crippen LogP contribution in [0.1, 0.15) is 15.9 Å². The lowest BCUT2D eigenvalue weighted by Gasteiger charge is -2.24. The molecule has 0 aliphatic rings. The second kappa shape index (κ2) is 10.2. The summed E-state index contributed by atoms with van der Waals surface area (Å²) in [6.45, 7) is 3.20. The van der Waals surface area contributed by atoms with Crippen molar-refractivity contribution in [3.63, 3.8) is 0 Å². The highest BCUT2D eigenvalue weighted by Gasteiger charge is 2.32. The second-order valence-corrected chi connectivity index (χ2v) is 10.2. The first-order valence-corrected chi connectivity index (χ1v) is 12.2. The van der Waals surface area contributed by atoms with Crippen molar-refractivity contribution in [1.29, 1.82) is 0 Å². The van der Waals surface area contributed by atoms with Crippen molar-refractivity contribution in [3.8, 4) is 0 Å². The molecule has 0 unspecified atom stereocenters. The Hall–Kier alpha value is -2.82. The zero-order chi connectivity index (χ0) is 25.1. The van der Waals surface area contributed by atoms with Gasteiger partial charge >= 0.3 is 6.18 Å². The van der Waals surface area contributed by atoms with E-state index in [0.29, 0.717) is 5.69 Å². The molecular weight excluding hydrogens is 557 g/mol. The summed E-state index contributed by atoms with van der Waals surface area (Å²) in [6, 6.07) is 14.1. The van der Waals surface area contributed by atoms with Gasteiger partial charge in [0, 0.05) is 10.2 Å². The van der Waals surface area contributed by atoms with Crippen LogP contribution in [0.15, 0.2) is 88.8 Å². The molecule has 1 N–H and O–H groups in total. The second-order valence-electron chi connectivity index (χ2n) is 6.98. The lowest BCUT2D eigenvalue weighted by Crippen LogP contribution is -2.31. The number of rotatable bonds is 7. The predicted molar refractivity (Wildman–Crippen MR) is 130 cm³/mol. The van der Waals surface area contributed by atoms with Crippen LogP contribution in [-0.2, 0) is 16.2 Å². The fourth-order valence-corrected chi connectivity index (χ4v) is 4.92. The van der Waals surface area contributed by atoms with Gasteiger partial charge in [-0.3, -0.25) is 9.10 Å². The molecule has 0 saturated carbocycles. The van der Waals surface area contributed by atoms with Gasteiger partial charge in [-0.1, -0.05) is 39.7 Å². The van der Waals surface area contributed by atoms with E-state index in [1.54, 1.807) is 24.3 Å². The molecule has 0 spiro atoms. The number of amides is 1. The van der Waals surface area contributed by atoms with Gasteiger partial charge in [0.15, 0.2) is 0 Å². The summed E-state index contributed by atoms with van der Waals surface area (Å²) in [5, 5.41) is 2.62. The van der Waals surface area contributed by atoms with Gasteiger partial charge in [-0.05, 0) is 60.7 Å². The van der Waals surface area contributed by atoms with Crippen molar-refractivity contribution in [2.75, 3.05) is 16.2 Å². The maximum atomic E-state index is 13.4. The summed E-state index contributed by atoms with van der Waals surface area (Å²) < 4.78 is 67.9. The van der Waals surface area contributed by atoms with Gasteiger partial charge in [-0.15, -0.1) is 6.58 Å². The average molecular weight is 574 g/mol. The third kappa shape index (κ3) is 5.81. The Kier molecular flexibility index (Phi) is 7.74. The molecule has 0 bridgehead atoms. The zero-order valence-corrected chi connectivity index (χ0v) is 20.5. The molecule has 3 aromatic carbocycles. The molecule has 5 nitrogen and oxygen atoms in total. The summed E-state index contributed by atoms with van der Waals surface area (Å²) in [6.07, 6.45) is -3.41. The molecule has 0 fully saturated rings. The van der Waals surface area contributed by atoms with E-state index in [-0.39, 0.29) is 27.7 Å². The van der Waals surface area contributed by atoms with E-state index in [0.717, 1.165) is 33.0 Å². The van der Waals surface area contributed by atoms with E-state index in [9.17, 15) is 26.4 Å². The van der Waals surface area contributed by atoms with Crippen molar-refractivity contribution in [2.45, 2.75) is 11.1 Å². The van der Waals surface area contributed by atoms with Gasteiger partial charge in [0.25, 0.3) is 15.9 Å². The third-order valence-electron chi connectivity index (χ3n) is 4.63. The minimum Gasteiger partial charge on any atom is -0.322 e. The minimum absolute atomic E-state index is 0.00269. The molecule has 0 saturated heterocycles. The molecule has 0 atom stereocenters. The molecule has 178 valence electrons. The van der Waals surface area contributed by atoms with Crippen LogP contribution >= 0.6 is 27.5 Å². The molecule has 34 heavy (non-hydrogen) atoms. The number of carbonyl (C=O) groups is 1. The number of alkyl halides is 3. The first-order valence-electron chi connectivity index (χ1n) is 9.61. The van der Waals surface area contributed by atoms with Crippen molar-refractivity contribution in [3.05, 3.63) is 100 Å². The Morgan fingerprint density at radius 2 is 1.76 bits per heavy atom. The van der Waals surface area contributed by atoms with Crippen LogP contribution in [0.25, 0.3) is 0 Å². The highest BCUT2D eigenvalue weighted by Crippen LogP contribution is 2.34. The van der Waals surface area contributed by atoms with E-state index >= 15 is 0 Å². The Balaban J connectivity index is 2.01. The zero-order valence-electron chi connectivity index (χ0n) is 17.3. The van der Waals surface area contributed by atoms with Gasteiger partial charge in [-0.2, -0.15) is 13.2 Å². The molecule has 0 aliphatic heterocycles. The molecule has 0 aliphatic carbocycles. The SMILES string of the molecule is C=CCN(c1cccc(C(F)(F)F)c1)S(=O)(=O)c1ccc(Cl)c(C(=O)Nc2ccc(Br)cc2)c1. The number of carbonyl (C=O) groups excluding carboxylic acids is 1. The van der Waals surface area contributed by atoms with Crippen LogP contribution < -0.4 is 9.62 Å². The lowest BCUT2D eigenvalue weighted by atomic mass is 10.2. The number of halogens is 5. The Morgan fingerprint density at radius 1 is 1.09 bits per heavy atom. The van der Waals surface area contributed by atoms with Crippen molar-refractivity contribution < 1.29 is 26.4 Å². The number of nitrogens with zero attached hydrogens (tertiary/aromatic N) is 1. The topological polar surface area (TPSA) is 66.5 Å². The lowest BCUT2D eigenvalue weighted by molar-refractivity contribution is -0.137. The number of sulfonamides is 1. The Morgan fingerprint density at radius 3 is 2.38 bits per heavy atom. The third-order valence-corrected chi connectivity index (χ3v) is 7.28. The molecule has 3 aromatic rings. The van der Waals surface area contributed by atoms with Crippen LogP contribution in [0.5, 0.6) is 0 Å². The van der Waals surface area contributed by atoms with Gasteiger partial charge in [0.05, 0.1) is 33.3 Å². The molecule has 11 heteroatoms. The van der Waals surface area contributed by atoms with E-state index in [4.69, 9.17) is 11.6 Å². The molecule has 0 aromatic heterocycles. The maximum absolute atomic E-state index is 13.4. The Bertz CT molecular complexity index is 1330. The number of hydrogen-bond acceptors (Lipinski definition) is 3. The highest BCUT2D eigenvalue weighted by atomic mass is 79.9. The number of hydrogen-bond donors (Lipinski definition) is 1. The fraction of sp³-hybridized carbons (Fsp3) is 0.0870. The van der Waals surface area contributed by atoms with Crippen LogP contribution in [0.3, 0.4) is 0 Å². The van der Waals surface area contributed by atoms with E-state index in [2.05, 4.69) is 27.8 Å². The normalized spacial score (nSPS) is 11.7. The molecule has 0 radical (unpaired) electrons. The average Bonchev–Trinajstić information content (AvgIpc) is 2.78. The van der Waals surface area contributed by atoms with Gasteiger partial charge in [0.1, 0.15) is 0 Å². The van der Waals surface area contributed by atoms with Crippen LogP contribution in [0, 0.1) is 0 Å². The first-order chi connectivity index (χ1) is 15.9. The molecule has 1 amide bonds. The summed E-state index contributed by atoms with van der Waals surface area (Å²) in [4.78, 5) is 12.4. The molecule has 0 heterocycles. The predicted octanol–water partition coefficient (Wildman–Crippen LogP) is 6.75. The van der Waals surface area contributed by atoms with Crippen molar-refractivity contribution in [2.24, 2.45) is 0 Å². The maximum Gasteiger partial charge on any atom is 0.416 e. The van der Waals surface area contributed by atoms with Crippen molar-refractivity contribution in [1.82, 2.24) is 0 Å². The largest absolute Gasteiger partial charge is 0.416 e. The standard InChI is InChI=1S/C23H17BrClF3N2O3S/c1-2-12-30(18-5-3-4-15(13-18)23(26,27)28)34(32,33)19-10-11-21(25)20(14-19)22(31)29-17-8-6-16(24)7-9-17/h2-11,13-14H,1,12H2,(H,29,31). The van der Waals surface area contributed by atoms with Crippen LogP contribution in [-0.4, -0.2) is 20.9 Å². The van der Waals surface area contributed by atoms with E-state index in [1.807, 2.05) is 0 Å². The fourth-order valence-electron chi connectivity index (χ4n) is 2.99. The number of anilines is 2. The van der Waals surface area contributed by atoms with Crippen LogP contribution in [0.4, 0.5) is 24.5 Å². The number of benzene rings is 3. The summed E-state index contributed by atoms with van der Waals surface area (Å²) >= 11 is 9.43. The quantitative estimate of drug-likeness (QED) is 0.318. The smallest absolute Gasteiger partial charge is 0.322 e. The van der Waals surface area contributed by atoms with Crippen LogP contribution in [0.2, 0.25) is 5.02 Å². The highest BCUT2D eigenvalue weighted by molar-refractivity contribution is 9.10. The van der Waals surface area contributed by atoms with Gasteiger partial charge in [-0.25, -0.2) is 8.42 Å². The summed E-state index contributed by atoms with van der Waals surface area (Å²) in [5.41, 5.74) is -0.867. The first kappa shape index (κ1) is 25.8. The molecule has 3 rings (SSSR count). The summed E-state index contributed by atoms with van der Waals surface area (Å²) in [5.74, 6) is -0.654. The van der Waals surface area contributed by atoms with Gasteiger partial charge < -0.3 is 5.32 Å². The van der Waals surface area contributed by atoms with Crippen molar-refractivity contribution >= 4 is 54.8 Å². The molecular formula is C23H17BrClF3N2O3S. The summed E-state index contributed by atoms with van der Waals surface area (Å²) in [7, 11) is -4.38. The minimum atomic E-state index is -4.65.